The summed E-state index contributed by atoms with van der Waals surface area (Å²) in [5.74, 6) is 0. The van der Waals surface area contributed by atoms with Crippen LogP contribution in [0.3, 0.4) is 0 Å². The Morgan fingerprint density at radius 2 is 2.07 bits per heavy atom. The first-order valence-corrected chi connectivity index (χ1v) is 5.08. The molecule has 0 spiro atoms. The van der Waals surface area contributed by atoms with Gasteiger partial charge < -0.3 is 10.3 Å². The monoisotopic (exact) mass is 201 g/mol. The summed E-state index contributed by atoms with van der Waals surface area (Å²) in [5, 5.41) is 0. The third-order valence-corrected chi connectivity index (χ3v) is 2.68. The van der Waals surface area contributed by atoms with E-state index in [1.165, 1.54) is 5.56 Å². The molecule has 3 heteroatoms. The molecule has 2 N–H and O–H groups in total. The average molecular weight is 201 g/mol. The molecule has 1 atom stereocenters. The Morgan fingerprint density at radius 1 is 1.33 bits per heavy atom. The van der Waals surface area contributed by atoms with Crippen molar-refractivity contribution in [3.05, 3.63) is 54.1 Å². The van der Waals surface area contributed by atoms with Crippen LogP contribution in [-0.2, 0) is 6.54 Å². The van der Waals surface area contributed by atoms with Crippen molar-refractivity contribution in [3.63, 3.8) is 0 Å². The van der Waals surface area contributed by atoms with E-state index in [9.17, 15) is 0 Å². The number of rotatable bonds is 3. The predicted molar refractivity (Wildman–Crippen MR) is 60.4 cm³/mol. The summed E-state index contributed by atoms with van der Waals surface area (Å²) in [7, 11) is 0. The molecule has 2 heterocycles. The number of hydrogen-bond donors (Lipinski definition) is 1. The van der Waals surface area contributed by atoms with Gasteiger partial charge in [-0.15, -0.1) is 0 Å². The number of pyridine rings is 1. The van der Waals surface area contributed by atoms with Gasteiger partial charge in [-0.2, -0.15) is 0 Å². The number of aromatic nitrogens is 2. The lowest BCUT2D eigenvalue weighted by Crippen LogP contribution is -2.11. The van der Waals surface area contributed by atoms with E-state index >= 15 is 0 Å². The highest BCUT2D eigenvalue weighted by atomic mass is 15.0. The SMILES string of the molecule is CC(c1ccncc1)n1cccc1CN. The second-order valence-corrected chi connectivity index (χ2v) is 3.57. The van der Waals surface area contributed by atoms with Gasteiger partial charge in [0.2, 0.25) is 0 Å². The van der Waals surface area contributed by atoms with Crippen LogP contribution in [0.5, 0.6) is 0 Å². The molecular weight excluding hydrogens is 186 g/mol. The van der Waals surface area contributed by atoms with Crippen molar-refractivity contribution >= 4 is 0 Å². The molecule has 0 fully saturated rings. The molecule has 2 aromatic heterocycles. The summed E-state index contributed by atoms with van der Waals surface area (Å²) >= 11 is 0. The molecule has 78 valence electrons. The van der Waals surface area contributed by atoms with E-state index in [1.807, 2.05) is 30.6 Å². The summed E-state index contributed by atoms with van der Waals surface area (Å²) in [4.78, 5) is 4.02. The molecule has 15 heavy (non-hydrogen) atoms. The quantitative estimate of drug-likeness (QED) is 0.824. The van der Waals surface area contributed by atoms with Crippen LogP contribution in [0.1, 0.15) is 24.2 Å². The van der Waals surface area contributed by atoms with E-state index in [-0.39, 0.29) is 0 Å². The fourth-order valence-electron chi connectivity index (χ4n) is 1.78. The second kappa shape index (κ2) is 4.28. The molecule has 0 saturated carbocycles. The largest absolute Gasteiger partial charge is 0.343 e. The van der Waals surface area contributed by atoms with E-state index in [1.54, 1.807) is 0 Å². The summed E-state index contributed by atoms with van der Waals surface area (Å²) in [6, 6.07) is 8.45. The molecule has 0 aliphatic rings. The Morgan fingerprint density at radius 3 is 2.73 bits per heavy atom. The average Bonchev–Trinajstić information content (AvgIpc) is 2.77. The topological polar surface area (TPSA) is 43.8 Å². The van der Waals surface area contributed by atoms with Gasteiger partial charge in [-0.05, 0) is 36.8 Å². The number of hydrogen-bond acceptors (Lipinski definition) is 2. The standard InChI is InChI=1S/C12H15N3/c1-10(11-4-6-14-7-5-11)15-8-2-3-12(15)9-13/h2-8,10H,9,13H2,1H3. The van der Waals surface area contributed by atoms with Crippen LogP contribution < -0.4 is 5.73 Å². The lowest BCUT2D eigenvalue weighted by atomic mass is 10.1. The Balaban J connectivity index is 2.32. The zero-order chi connectivity index (χ0) is 10.7. The van der Waals surface area contributed by atoms with E-state index < -0.39 is 0 Å². The van der Waals surface area contributed by atoms with Crippen LogP contribution >= 0.6 is 0 Å². The smallest absolute Gasteiger partial charge is 0.0556 e. The molecule has 0 amide bonds. The van der Waals surface area contributed by atoms with E-state index in [0.717, 1.165) is 5.69 Å². The molecule has 0 aliphatic heterocycles. The number of nitrogens with zero attached hydrogens (tertiary/aromatic N) is 2. The van der Waals surface area contributed by atoms with Gasteiger partial charge in [0.1, 0.15) is 0 Å². The van der Waals surface area contributed by atoms with Crippen LogP contribution in [0.25, 0.3) is 0 Å². The van der Waals surface area contributed by atoms with Gasteiger partial charge >= 0.3 is 0 Å². The molecule has 2 rings (SSSR count). The molecule has 0 radical (unpaired) electrons. The van der Waals surface area contributed by atoms with Crippen molar-refractivity contribution in [1.29, 1.82) is 0 Å². The lowest BCUT2D eigenvalue weighted by Gasteiger charge is -2.17. The highest BCUT2D eigenvalue weighted by molar-refractivity contribution is 5.19. The van der Waals surface area contributed by atoms with Crippen LogP contribution in [0.15, 0.2) is 42.9 Å². The van der Waals surface area contributed by atoms with Gasteiger partial charge in [-0.1, -0.05) is 0 Å². The normalized spacial score (nSPS) is 12.7. The van der Waals surface area contributed by atoms with Gasteiger partial charge in [0.15, 0.2) is 0 Å². The van der Waals surface area contributed by atoms with E-state index in [2.05, 4.69) is 28.7 Å². The van der Waals surface area contributed by atoms with Gasteiger partial charge in [0.25, 0.3) is 0 Å². The third kappa shape index (κ3) is 1.92. The maximum Gasteiger partial charge on any atom is 0.0556 e. The maximum atomic E-state index is 5.68. The lowest BCUT2D eigenvalue weighted by molar-refractivity contribution is 0.611. The van der Waals surface area contributed by atoms with Crippen LogP contribution in [-0.4, -0.2) is 9.55 Å². The second-order valence-electron chi connectivity index (χ2n) is 3.57. The zero-order valence-electron chi connectivity index (χ0n) is 8.80. The fraction of sp³-hybridized carbons (Fsp3) is 0.250. The summed E-state index contributed by atoms with van der Waals surface area (Å²) in [6.45, 7) is 2.73. The number of nitrogens with two attached hydrogens (primary N) is 1. The van der Waals surface area contributed by atoms with Crippen LogP contribution in [0.4, 0.5) is 0 Å². The van der Waals surface area contributed by atoms with Crippen molar-refractivity contribution in [2.24, 2.45) is 5.73 Å². The zero-order valence-corrected chi connectivity index (χ0v) is 8.80. The Kier molecular flexibility index (Phi) is 2.83. The Hall–Kier alpha value is -1.61. The van der Waals surface area contributed by atoms with Gasteiger partial charge in [-0.25, -0.2) is 0 Å². The van der Waals surface area contributed by atoms with Crippen molar-refractivity contribution in [3.8, 4) is 0 Å². The third-order valence-electron chi connectivity index (χ3n) is 2.68. The van der Waals surface area contributed by atoms with Crippen LogP contribution in [0.2, 0.25) is 0 Å². The van der Waals surface area contributed by atoms with Crippen molar-refractivity contribution in [2.45, 2.75) is 19.5 Å². The molecule has 0 aliphatic carbocycles. The minimum Gasteiger partial charge on any atom is -0.343 e. The molecule has 1 unspecified atom stereocenters. The van der Waals surface area contributed by atoms with E-state index in [4.69, 9.17) is 5.73 Å². The predicted octanol–water partition coefficient (Wildman–Crippen LogP) is 1.95. The summed E-state index contributed by atoms with van der Waals surface area (Å²) < 4.78 is 2.19. The van der Waals surface area contributed by atoms with Gasteiger partial charge in [-0.3, -0.25) is 4.98 Å². The first-order chi connectivity index (χ1) is 7.33. The van der Waals surface area contributed by atoms with Crippen molar-refractivity contribution in [2.75, 3.05) is 0 Å². The molecular formula is C12H15N3. The molecule has 0 saturated heterocycles. The first kappa shape index (κ1) is 9.93. The molecule has 3 nitrogen and oxygen atoms in total. The summed E-state index contributed by atoms with van der Waals surface area (Å²) in [6.07, 6.45) is 5.70. The highest BCUT2D eigenvalue weighted by Gasteiger charge is 2.09. The van der Waals surface area contributed by atoms with Crippen LogP contribution in [0, 0.1) is 0 Å². The Bertz CT molecular complexity index is 419. The minimum absolute atomic E-state index is 0.307. The first-order valence-electron chi connectivity index (χ1n) is 5.08. The molecule has 0 bridgehead atoms. The van der Waals surface area contributed by atoms with Gasteiger partial charge in [0, 0.05) is 30.8 Å². The summed E-state index contributed by atoms with van der Waals surface area (Å²) in [5.41, 5.74) is 8.08. The maximum absolute atomic E-state index is 5.68. The Labute approximate surface area is 89.6 Å². The minimum atomic E-state index is 0.307. The van der Waals surface area contributed by atoms with Gasteiger partial charge in [0.05, 0.1) is 6.04 Å². The highest BCUT2D eigenvalue weighted by Crippen LogP contribution is 2.19. The molecule has 2 aromatic rings. The fourth-order valence-corrected chi connectivity index (χ4v) is 1.78. The van der Waals surface area contributed by atoms with Crippen molar-refractivity contribution < 1.29 is 0 Å². The van der Waals surface area contributed by atoms with E-state index in [0.29, 0.717) is 12.6 Å². The molecule has 0 aromatic carbocycles. The van der Waals surface area contributed by atoms with Crippen molar-refractivity contribution in [1.82, 2.24) is 9.55 Å².